The Morgan fingerprint density at radius 1 is 1.07 bits per heavy atom. The molecule has 0 heterocycles. The third kappa shape index (κ3) is 6.07. The first kappa shape index (κ1) is 21.4. The van der Waals surface area contributed by atoms with Crippen LogP contribution in [0, 0.1) is 6.92 Å². The van der Waals surface area contributed by atoms with Gasteiger partial charge in [0.25, 0.3) is 0 Å². The monoisotopic (exact) mass is 406 g/mol. The quantitative estimate of drug-likeness (QED) is 0.587. The molecule has 1 atom stereocenters. The second-order valence-electron chi connectivity index (χ2n) is 6.14. The molecule has 0 aliphatic heterocycles. The van der Waals surface area contributed by atoms with Gasteiger partial charge >= 0.3 is 5.97 Å². The van der Waals surface area contributed by atoms with Crippen LogP contribution in [-0.2, 0) is 19.6 Å². The lowest BCUT2D eigenvalue weighted by atomic mass is 10.1. The third-order valence-electron chi connectivity index (χ3n) is 3.96. The van der Waals surface area contributed by atoms with Crippen molar-refractivity contribution in [2.45, 2.75) is 30.7 Å². The highest BCUT2D eigenvalue weighted by molar-refractivity contribution is 7.89. The van der Waals surface area contributed by atoms with Gasteiger partial charge in [0.1, 0.15) is 11.8 Å². The van der Waals surface area contributed by atoms with Crippen molar-refractivity contribution in [3.63, 3.8) is 0 Å². The molecule has 2 aromatic carbocycles. The standard InChI is InChI=1S/C19H22N2O6S/c1-13-3-9-16(10-4-13)28(25,26)21-17(19(23)24)11-12-18(22)20-14-5-7-15(27-2)8-6-14/h3-10,17,21H,11-12H2,1-2H3,(H,20,22)(H,23,24)/t17-/m1/s1. The van der Waals surface area contributed by atoms with Gasteiger partial charge in [0.2, 0.25) is 15.9 Å². The number of methoxy groups -OCH3 is 1. The van der Waals surface area contributed by atoms with Gasteiger partial charge < -0.3 is 15.2 Å². The number of aryl methyl sites for hydroxylation is 1. The molecule has 0 aliphatic rings. The average molecular weight is 406 g/mol. The summed E-state index contributed by atoms with van der Waals surface area (Å²) in [6, 6.07) is 11.2. The maximum Gasteiger partial charge on any atom is 0.321 e. The molecule has 2 rings (SSSR count). The lowest BCUT2D eigenvalue weighted by Gasteiger charge is -2.15. The van der Waals surface area contributed by atoms with Crippen LogP contribution in [0.25, 0.3) is 0 Å². The maximum absolute atomic E-state index is 12.4. The van der Waals surface area contributed by atoms with E-state index >= 15 is 0 Å². The Hall–Kier alpha value is -2.91. The fourth-order valence-electron chi connectivity index (χ4n) is 2.38. The molecule has 0 saturated carbocycles. The van der Waals surface area contributed by atoms with Gasteiger partial charge in [-0.1, -0.05) is 17.7 Å². The summed E-state index contributed by atoms with van der Waals surface area (Å²) in [5.74, 6) is -1.15. The second-order valence-corrected chi connectivity index (χ2v) is 7.85. The van der Waals surface area contributed by atoms with E-state index in [0.29, 0.717) is 11.4 Å². The Labute approximate surface area is 163 Å². The zero-order valence-electron chi connectivity index (χ0n) is 15.5. The number of aliphatic carboxylic acids is 1. The van der Waals surface area contributed by atoms with Crippen molar-refractivity contribution in [3.8, 4) is 5.75 Å². The first-order chi connectivity index (χ1) is 13.2. The van der Waals surface area contributed by atoms with E-state index in [1.165, 1.54) is 19.2 Å². The molecule has 1 amide bonds. The molecule has 0 aliphatic carbocycles. The molecule has 0 spiro atoms. The lowest BCUT2D eigenvalue weighted by Crippen LogP contribution is -2.41. The van der Waals surface area contributed by atoms with Crippen LogP contribution in [0.1, 0.15) is 18.4 Å². The van der Waals surface area contributed by atoms with Crippen LogP contribution in [-0.4, -0.2) is 38.6 Å². The van der Waals surface area contributed by atoms with Gasteiger partial charge in [-0.25, -0.2) is 8.42 Å². The zero-order valence-corrected chi connectivity index (χ0v) is 16.3. The number of hydrogen-bond acceptors (Lipinski definition) is 5. The predicted octanol–water partition coefficient (Wildman–Crippen LogP) is 2.15. The number of carbonyl (C=O) groups excluding carboxylic acids is 1. The Morgan fingerprint density at radius 3 is 2.21 bits per heavy atom. The van der Waals surface area contributed by atoms with Crippen molar-refractivity contribution < 1.29 is 27.9 Å². The highest BCUT2D eigenvalue weighted by Gasteiger charge is 2.26. The fraction of sp³-hybridized carbons (Fsp3) is 0.263. The fourth-order valence-corrected chi connectivity index (χ4v) is 3.60. The zero-order chi connectivity index (χ0) is 20.7. The second kappa shape index (κ2) is 9.34. The Morgan fingerprint density at radius 2 is 1.68 bits per heavy atom. The smallest absolute Gasteiger partial charge is 0.321 e. The van der Waals surface area contributed by atoms with Crippen LogP contribution in [0.4, 0.5) is 5.69 Å². The molecule has 0 bridgehead atoms. The maximum atomic E-state index is 12.4. The summed E-state index contributed by atoms with van der Waals surface area (Å²) in [6.45, 7) is 1.81. The van der Waals surface area contributed by atoms with Crippen LogP contribution in [0.3, 0.4) is 0 Å². The van der Waals surface area contributed by atoms with Crippen molar-refractivity contribution >= 4 is 27.6 Å². The van der Waals surface area contributed by atoms with E-state index in [-0.39, 0.29) is 17.7 Å². The summed E-state index contributed by atoms with van der Waals surface area (Å²) in [4.78, 5) is 23.5. The first-order valence-electron chi connectivity index (χ1n) is 8.47. The molecule has 3 N–H and O–H groups in total. The Balaban J connectivity index is 1.97. The van der Waals surface area contributed by atoms with E-state index in [1.54, 1.807) is 36.4 Å². The highest BCUT2D eigenvalue weighted by Crippen LogP contribution is 2.16. The van der Waals surface area contributed by atoms with Crippen LogP contribution in [0.2, 0.25) is 0 Å². The number of carbonyl (C=O) groups is 2. The summed E-state index contributed by atoms with van der Waals surface area (Å²) in [5.41, 5.74) is 1.40. The minimum Gasteiger partial charge on any atom is -0.497 e. The number of amides is 1. The van der Waals surface area contributed by atoms with E-state index in [0.717, 1.165) is 5.56 Å². The number of carboxylic acid groups (broad SMARTS) is 1. The van der Waals surface area contributed by atoms with Gasteiger partial charge in [-0.15, -0.1) is 0 Å². The largest absolute Gasteiger partial charge is 0.497 e. The molecule has 0 unspecified atom stereocenters. The molecular weight excluding hydrogens is 384 g/mol. The number of nitrogens with one attached hydrogen (secondary N) is 2. The summed E-state index contributed by atoms with van der Waals surface area (Å²) in [7, 11) is -2.49. The number of benzene rings is 2. The van der Waals surface area contributed by atoms with E-state index in [1.807, 2.05) is 6.92 Å². The summed E-state index contributed by atoms with van der Waals surface area (Å²) >= 11 is 0. The minimum absolute atomic E-state index is 0.0352. The van der Waals surface area contributed by atoms with E-state index in [9.17, 15) is 23.1 Å². The lowest BCUT2D eigenvalue weighted by molar-refractivity contribution is -0.139. The number of carboxylic acids is 1. The van der Waals surface area contributed by atoms with Gasteiger partial charge in [-0.3, -0.25) is 9.59 Å². The predicted molar refractivity (Wildman–Crippen MR) is 104 cm³/mol. The van der Waals surface area contributed by atoms with Crippen LogP contribution < -0.4 is 14.8 Å². The van der Waals surface area contributed by atoms with Crippen LogP contribution in [0.15, 0.2) is 53.4 Å². The highest BCUT2D eigenvalue weighted by atomic mass is 32.2. The molecule has 0 saturated heterocycles. The van der Waals surface area contributed by atoms with Gasteiger partial charge in [0.05, 0.1) is 12.0 Å². The molecule has 9 heteroatoms. The first-order valence-corrected chi connectivity index (χ1v) is 9.95. The Bertz CT molecular complexity index is 924. The average Bonchev–Trinajstić information content (AvgIpc) is 2.66. The number of ether oxygens (including phenoxy) is 1. The molecule has 8 nitrogen and oxygen atoms in total. The van der Waals surface area contributed by atoms with E-state index < -0.39 is 27.9 Å². The van der Waals surface area contributed by atoms with E-state index in [4.69, 9.17) is 4.74 Å². The third-order valence-corrected chi connectivity index (χ3v) is 5.45. The molecular formula is C19H22N2O6S. The van der Waals surface area contributed by atoms with Crippen molar-refractivity contribution in [3.05, 3.63) is 54.1 Å². The molecule has 0 aromatic heterocycles. The van der Waals surface area contributed by atoms with Gasteiger partial charge in [-0.2, -0.15) is 4.72 Å². The number of anilines is 1. The molecule has 0 fully saturated rings. The van der Waals surface area contributed by atoms with Crippen LogP contribution >= 0.6 is 0 Å². The molecule has 150 valence electrons. The summed E-state index contributed by atoms with van der Waals surface area (Å²) in [5, 5.41) is 11.9. The minimum atomic E-state index is -4.01. The normalized spacial score (nSPS) is 12.2. The topological polar surface area (TPSA) is 122 Å². The number of sulfonamides is 1. The van der Waals surface area contributed by atoms with E-state index in [2.05, 4.69) is 10.0 Å². The van der Waals surface area contributed by atoms with Crippen molar-refractivity contribution in [2.75, 3.05) is 12.4 Å². The molecule has 0 radical (unpaired) electrons. The van der Waals surface area contributed by atoms with Gasteiger partial charge in [0.15, 0.2) is 0 Å². The molecule has 28 heavy (non-hydrogen) atoms. The summed E-state index contributed by atoms with van der Waals surface area (Å²) < 4.78 is 31.9. The van der Waals surface area contributed by atoms with Crippen LogP contribution in [0.5, 0.6) is 5.75 Å². The summed E-state index contributed by atoms with van der Waals surface area (Å²) in [6.07, 6.45) is -0.359. The van der Waals surface area contributed by atoms with Gasteiger partial charge in [0, 0.05) is 12.1 Å². The van der Waals surface area contributed by atoms with Crippen molar-refractivity contribution in [1.29, 1.82) is 0 Å². The van der Waals surface area contributed by atoms with Crippen molar-refractivity contribution in [1.82, 2.24) is 4.72 Å². The number of rotatable bonds is 9. The van der Waals surface area contributed by atoms with Gasteiger partial charge in [-0.05, 0) is 49.7 Å². The number of hydrogen-bond donors (Lipinski definition) is 3. The Kier molecular flexibility index (Phi) is 7.13. The van der Waals surface area contributed by atoms with Crippen molar-refractivity contribution in [2.24, 2.45) is 0 Å². The molecule has 2 aromatic rings. The SMILES string of the molecule is COc1ccc(NC(=O)CC[C@@H](NS(=O)(=O)c2ccc(C)cc2)C(=O)O)cc1.